The zero-order valence-corrected chi connectivity index (χ0v) is 11.0. The molecule has 2 aliphatic carbocycles. The number of aliphatic hydroxyl groups excluding tert-OH is 1. The van der Waals surface area contributed by atoms with Crippen molar-refractivity contribution in [2.75, 3.05) is 0 Å². The van der Waals surface area contributed by atoms with Crippen LogP contribution in [0, 0.1) is 11.3 Å². The molecular formula is C15H20O3. The molecule has 3 nitrogen and oxygen atoms in total. The molecule has 1 N–H and O–H groups in total. The van der Waals surface area contributed by atoms with Gasteiger partial charge in [0, 0.05) is 16.9 Å². The van der Waals surface area contributed by atoms with Crippen molar-refractivity contribution in [3.63, 3.8) is 0 Å². The molecule has 98 valence electrons. The minimum atomic E-state index is -0.315. The Balaban J connectivity index is 2.08. The average Bonchev–Trinajstić information content (AvgIpc) is 2.60. The molecule has 0 amide bonds. The maximum absolute atomic E-state index is 11.7. The maximum atomic E-state index is 11.7. The van der Waals surface area contributed by atoms with E-state index in [1.807, 2.05) is 0 Å². The number of fused-ring (bicyclic) bond motifs is 3. The third-order valence-electron chi connectivity index (χ3n) is 5.17. The molecule has 0 aromatic rings. The molecule has 4 atom stereocenters. The van der Waals surface area contributed by atoms with Gasteiger partial charge in [-0.3, -0.25) is 0 Å². The zero-order chi connectivity index (χ0) is 13.1. The second-order valence-corrected chi connectivity index (χ2v) is 6.16. The summed E-state index contributed by atoms with van der Waals surface area (Å²) in [5.41, 5.74) is 2.86. The molecule has 1 heterocycles. The van der Waals surface area contributed by atoms with Crippen LogP contribution in [0.25, 0.3) is 0 Å². The minimum Gasteiger partial charge on any atom is -0.454 e. The highest BCUT2D eigenvalue weighted by Gasteiger charge is 2.54. The summed E-state index contributed by atoms with van der Waals surface area (Å²) in [6, 6.07) is 0. The fourth-order valence-electron chi connectivity index (χ4n) is 3.99. The summed E-state index contributed by atoms with van der Waals surface area (Å²) in [5.74, 6) is -0.129. The Kier molecular flexibility index (Phi) is 2.46. The Bertz CT molecular complexity index is 462. The number of hydrogen-bond donors (Lipinski definition) is 1. The van der Waals surface area contributed by atoms with Crippen LogP contribution >= 0.6 is 0 Å². The molecule has 1 saturated carbocycles. The highest BCUT2D eigenvalue weighted by atomic mass is 16.6. The van der Waals surface area contributed by atoms with E-state index in [0.717, 1.165) is 25.7 Å². The van der Waals surface area contributed by atoms with Crippen LogP contribution in [-0.4, -0.2) is 23.3 Å². The maximum Gasteiger partial charge on any atom is 0.334 e. The number of rotatable bonds is 0. The molecule has 0 bridgehead atoms. The van der Waals surface area contributed by atoms with Gasteiger partial charge in [-0.1, -0.05) is 19.1 Å². The molecule has 0 spiro atoms. The average molecular weight is 248 g/mol. The van der Waals surface area contributed by atoms with Crippen LogP contribution < -0.4 is 0 Å². The topological polar surface area (TPSA) is 46.5 Å². The summed E-state index contributed by atoms with van der Waals surface area (Å²) >= 11 is 0. The van der Waals surface area contributed by atoms with E-state index in [4.69, 9.17) is 4.74 Å². The molecule has 1 aliphatic heterocycles. The standard InChI is InChI=1S/C15H20O3/c1-8-4-5-11(16)15(3)7-6-10-9(2)14(17)18-13(10)12(8)15/h10-11,13,16H,2,4-7H2,1,3H3/t10-,11+,13-,15-/m0/s1. The fourth-order valence-corrected chi connectivity index (χ4v) is 3.99. The number of allylic oxidation sites excluding steroid dienone is 1. The van der Waals surface area contributed by atoms with E-state index in [1.165, 1.54) is 11.1 Å². The molecule has 3 heteroatoms. The van der Waals surface area contributed by atoms with Crippen molar-refractivity contribution in [2.24, 2.45) is 11.3 Å². The monoisotopic (exact) mass is 248 g/mol. The predicted molar refractivity (Wildman–Crippen MR) is 67.8 cm³/mol. The Morgan fingerprint density at radius 3 is 2.89 bits per heavy atom. The van der Waals surface area contributed by atoms with Gasteiger partial charge in [0.25, 0.3) is 0 Å². The van der Waals surface area contributed by atoms with Crippen molar-refractivity contribution < 1.29 is 14.6 Å². The number of aliphatic hydroxyl groups is 1. The first-order valence-electron chi connectivity index (χ1n) is 6.73. The van der Waals surface area contributed by atoms with Gasteiger partial charge in [0.1, 0.15) is 6.10 Å². The van der Waals surface area contributed by atoms with Gasteiger partial charge in [-0.2, -0.15) is 0 Å². The van der Waals surface area contributed by atoms with Crippen LogP contribution in [0.3, 0.4) is 0 Å². The number of carbonyl (C=O) groups excluding carboxylic acids is 1. The lowest BCUT2D eigenvalue weighted by Gasteiger charge is -2.48. The van der Waals surface area contributed by atoms with Gasteiger partial charge in [-0.15, -0.1) is 0 Å². The Hall–Kier alpha value is -1.09. The number of esters is 1. The normalized spacial score (nSPS) is 43.6. The highest BCUT2D eigenvalue weighted by Crippen LogP contribution is 2.55. The summed E-state index contributed by atoms with van der Waals surface area (Å²) in [4.78, 5) is 11.7. The zero-order valence-electron chi connectivity index (χ0n) is 11.0. The summed E-state index contributed by atoms with van der Waals surface area (Å²) < 4.78 is 5.52. The summed E-state index contributed by atoms with van der Waals surface area (Å²) in [7, 11) is 0. The number of carbonyl (C=O) groups is 1. The van der Waals surface area contributed by atoms with E-state index in [9.17, 15) is 9.90 Å². The summed E-state index contributed by atoms with van der Waals surface area (Å²) in [6.07, 6.45) is 3.04. The van der Waals surface area contributed by atoms with Crippen LogP contribution in [0.1, 0.15) is 39.5 Å². The molecule has 2 fully saturated rings. The second kappa shape index (κ2) is 3.70. The van der Waals surface area contributed by atoms with E-state index in [0.29, 0.717) is 5.57 Å². The first-order valence-corrected chi connectivity index (χ1v) is 6.73. The smallest absolute Gasteiger partial charge is 0.334 e. The number of ether oxygens (including phenoxy) is 1. The molecule has 3 aliphatic rings. The largest absolute Gasteiger partial charge is 0.454 e. The Morgan fingerprint density at radius 2 is 2.17 bits per heavy atom. The Labute approximate surface area is 108 Å². The van der Waals surface area contributed by atoms with Gasteiger partial charge < -0.3 is 9.84 Å². The molecule has 0 unspecified atom stereocenters. The van der Waals surface area contributed by atoms with Crippen molar-refractivity contribution in [1.82, 2.24) is 0 Å². The van der Waals surface area contributed by atoms with Crippen molar-refractivity contribution in [3.8, 4) is 0 Å². The van der Waals surface area contributed by atoms with Gasteiger partial charge in [0.15, 0.2) is 0 Å². The first kappa shape index (κ1) is 12.0. The third-order valence-corrected chi connectivity index (χ3v) is 5.17. The van der Waals surface area contributed by atoms with E-state index in [1.54, 1.807) is 0 Å². The molecule has 0 aromatic carbocycles. The van der Waals surface area contributed by atoms with E-state index in [-0.39, 0.29) is 29.5 Å². The van der Waals surface area contributed by atoms with Crippen molar-refractivity contribution in [2.45, 2.75) is 51.7 Å². The van der Waals surface area contributed by atoms with Gasteiger partial charge in [-0.25, -0.2) is 4.79 Å². The van der Waals surface area contributed by atoms with Gasteiger partial charge >= 0.3 is 5.97 Å². The first-order chi connectivity index (χ1) is 8.45. The van der Waals surface area contributed by atoms with Gasteiger partial charge in [-0.05, 0) is 38.2 Å². The molecule has 0 radical (unpaired) electrons. The SMILES string of the molecule is C=C1C(=O)O[C@@H]2C3=C(C)CC[C@@H](O)[C@]3(C)CC[C@@H]12. The second-order valence-electron chi connectivity index (χ2n) is 6.16. The summed E-state index contributed by atoms with van der Waals surface area (Å²) in [5, 5.41) is 10.3. The lowest BCUT2D eigenvalue weighted by Crippen LogP contribution is -2.46. The van der Waals surface area contributed by atoms with Crippen LogP contribution in [0.2, 0.25) is 0 Å². The fraction of sp³-hybridized carbons (Fsp3) is 0.667. The van der Waals surface area contributed by atoms with Crippen molar-refractivity contribution in [1.29, 1.82) is 0 Å². The molecule has 1 saturated heterocycles. The quantitative estimate of drug-likeness (QED) is 0.406. The van der Waals surface area contributed by atoms with Gasteiger partial charge in [0.2, 0.25) is 0 Å². The van der Waals surface area contributed by atoms with Crippen LogP contribution in [0.4, 0.5) is 0 Å². The highest BCUT2D eigenvalue weighted by molar-refractivity contribution is 5.91. The van der Waals surface area contributed by atoms with Crippen LogP contribution in [0.5, 0.6) is 0 Å². The third kappa shape index (κ3) is 1.37. The number of hydrogen-bond acceptors (Lipinski definition) is 3. The van der Waals surface area contributed by atoms with E-state index >= 15 is 0 Å². The van der Waals surface area contributed by atoms with Gasteiger partial charge in [0.05, 0.1) is 6.10 Å². The molecule has 3 rings (SSSR count). The van der Waals surface area contributed by atoms with Crippen LogP contribution in [-0.2, 0) is 9.53 Å². The van der Waals surface area contributed by atoms with Crippen molar-refractivity contribution in [3.05, 3.63) is 23.3 Å². The minimum absolute atomic E-state index is 0.126. The summed E-state index contributed by atoms with van der Waals surface area (Å²) in [6.45, 7) is 8.08. The molecule has 0 aromatic heterocycles. The lowest BCUT2D eigenvalue weighted by atomic mass is 9.59. The Morgan fingerprint density at radius 1 is 1.44 bits per heavy atom. The van der Waals surface area contributed by atoms with Crippen molar-refractivity contribution >= 4 is 5.97 Å². The lowest BCUT2D eigenvalue weighted by molar-refractivity contribution is -0.139. The molecule has 18 heavy (non-hydrogen) atoms. The van der Waals surface area contributed by atoms with E-state index in [2.05, 4.69) is 20.4 Å². The van der Waals surface area contributed by atoms with E-state index < -0.39 is 0 Å². The molecular weight excluding hydrogens is 228 g/mol. The van der Waals surface area contributed by atoms with Crippen LogP contribution in [0.15, 0.2) is 23.3 Å². The predicted octanol–water partition coefficient (Wildman–Crippen LogP) is 2.36.